The number of aromatic amines is 1. The van der Waals surface area contributed by atoms with E-state index in [0.717, 1.165) is 11.8 Å². The van der Waals surface area contributed by atoms with Gasteiger partial charge in [-0.15, -0.1) is 0 Å². The first-order valence-corrected chi connectivity index (χ1v) is 10.8. The number of aliphatic hydroxyl groups is 2. The van der Waals surface area contributed by atoms with Gasteiger partial charge in [0.25, 0.3) is 0 Å². The van der Waals surface area contributed by atoms with E-state index in [1.165, 1.54) is 11.1 Å². The lowest BCUT2D eigenvalue weighted by Gasteiger charge is -2.30. The van der Waals surface area contributed by atoms with Crippen molar-refractivity contribution >= 4 is 5.91 Å². The normalized spacial score (nSPS) is 12.9. The van der Waals surface area contributed by atoms with Gasteiger partial charge in [-0.3, -0.25) is 9.78 Å². The number of carbonyl (C=O) groups excluding carboxylic acids is 1. The topological polar surface area (TPSA) is 112 Å². The molecule has 1 amide bonds. The molecule has 2 aromatic heterocycles. The highest BCUT2D eigenvalue weighted by Gasteiger charge is 2.33. The minimum atomic E-state index is -4.50. The summed E-state index contributed by atoms with van der Waals surface area (Å²) in [5.74, 6) is 0.387. The highest BCUT2D eigenvalue weighted by atomic mass is 19.4. The lowest BCUT2D eigenvalue weighted by atomic mass is 9.92. The van der Waals surface area contributed by atoms with Gasteiger partial charge in [-0.1, -0.05) is 0 Å². The predicted molar refractivity (Wildman–Crippen MR) is 122 cm³/mol. The van der Waals surface area contributed by atoms with E-state index in [2.05, 4.69) is 15.0 Å². The zero-order chi connectivity index (χ0) is 25.8. The van der Waals surface area contributed by atoms with E-state index in [9.17, 15) is 23.1 Å². The van der Waals surface area contributed by atoms with Gasteiger partial charge in [-0.25, -0.2) is 4.98 Å². The van der Waals surface area contributed by atoms with E-state index >= 15 is 0 Å². The van der Waals surface area contributed by atoms with Gasteiger partial charge < -0.3 is 24.8 Å². The molecule has 0 aliphatic heterocycles. The molecule has 0 fully saturated rings. The number of nitrogens with zero attached hydrogens (tertiary/aromatic N) is 3. The van der Waals surface area contributed by atoms with Crippen molar-refractivity contribution in [2.75, 3.05) is 26.8 Å². The molecule has 0 aliphatic rings. The number of ether oxygens (including phenoxy) is 1. The molecule has 35 heavy (non-hydrogen) atoms. The molecular formula is C24H27F3N4O4. The number of nitrogens with one attached hydrogen (secondary N) is 1. The second-order valence-corrected chi connectivity index (χ2v) is 8.79. The minimum absolute atomic E-state index is 0.0165. The first-order chi connectivity index (χ1) is 16.4. The summed E-state index contributed by atoms with van der Waals surface area (Å²) in [7, 11) is 1.55. The number of imidazole rings is 1. The molecule has 3 aromatic rings. The summed E-state index contributed by atoms with van der Waals surface area (Å²) in [5, 5.41) is 18.5. The van der Waals surface area contributed by atoms with Crippen LogP contribution < -0.4 is 4.74 Å². The highest BCUT2D eigenvalue weighted by molar-refractivity contribution is 5.82. The van der Waals surface area contributed by atoms with Gasteiger partial charge in [0.05, 0.1) is 30.0 Å². The number of pyridine rings is 1. The summed E-state index contributed by atoms with van der Waals surface area (Å²) < 4.78 is 44.1. The summed E-state index contributed by atoms with van der Waals surface area (Å²) in [6, 6.07) is 10.3. The van der Waals surface area contributed by atoms with E-state index in [4.69, 9.17) is 9.84 Å². The van der Waals surface area contributed by atoms with Crippen LogP contribution in [0.25, 0.3) is 22.6 Å². The van der Waals surface area contributed by atoms with Crippen LogP contribution >= 0.6 is 0 Å². The molecule has 0 saturated carbocycles. The number of aliphatic hydroxyl groups excluding tert-OH is 2. The fraction of sp³-hybridized carbons (Fsp3) is 0.375. The van der Waals surface area contributed by atoms with Crippen molar-refractivity contribution in [2.45, 2.75) is 26.1 Å². The molecule has 0 saturated heterocycles. The van der Waals surface area contributed by atoms with Crippen LogP contribution in [-0.4, -0.2) is 68.9 Å². The first-order valence-electron chi connectivity index (χ1n) is 10.8. The number of halogens is 3. The zero-order valence-corrected chi connectivity index (χ0v) is 19.5. The highest BCUT2D eigenvalue weighted by Crippen LogP contribution is 2.30. The number of likely N-dealkylation sites (N-methyl/N-ethyl adjacent to an activating group) is 1. The maximum absolute atomic E-state index is 12.8. The van der Waals surface area contributed by atoms with Gasteiger partial charge >= 0.3 is 6.18 Å². The summed E-state index contributed by atoms with van der Waals surface area (Å²) >= 11 is 0. The van der Waals surface area contributed by atoms with E-state index in [0.29, 0.717) is 17.0 Å². The Morgan fingerprint density at radius 2 is 1.74 bits per heavy atom. The molecule has 3 rings (SSSR count). The second-order valence-electron chi connectivity index (χ2n) is 8.79. The number of H-pyrrole nitrogens is 1. The summed E-state index contributed by atoms with van der Waals surface area (Å²) in [4.78, 5) is 24.3. The van der Waals surface area contributed by atoms with Crippen LogP contribution in [-0.2, 0) is 11.0 Å². The van der Waals surface area contributed by atoms with E-state index < -0.39 is 30.0 Å². The zero-order valence-electron chi connectivity index (χ0n) is 19.5. The predicted octanol–water partition coefficient (Wildman–Crippen LogP) is 3.37. The average Bonchev–Trinajstić information content (AvgIpc) is 3.34. The third-order valence-electron chi connectivity index (χ3n) is 5.29. The third-order valence-corrected chi connectivity index (χ3v) is 5.29. The minimum Gasteiger partial charge on any atom is -0.492 e. The smallest absolute Gasteiger partial charge is 0.432 e. The molecule has 3 N–H and O–H groups in total. The van der Waals surface area contributed by atoms with Crippen molar-refractivity contribution in [1.82, 2.24) is 19.9 Å². The number of benzene rings is 1. The molecule has 1 unspecified atom stereocenters. The van der Waals surface area contributed by atoms with Gasteiger partial charge in [0.2, 0.25) is 5.91 Å². The first kappa shape index (κ1) is 26.2. The van der Waals surface area contributed by atoms with Crippen LogP contribution in [0.15, 0.2) is 48.8 Å². The Hall–Kier alpha value is -3.44. The van der Waals surface area contributed by atoms with E-state index in [1.807, 2.05) is 0 Å². The number of hydrogen-bond donors (Lipinski definition) is 3. The number of rotatable bonds is 9. The van der Waals surface area contributed by atoms with Crippen LogP contribution in [0.5, 0.6) is 5.75 Å². The fourth-order valence-electron chi connectivity index (χ4n) is 3.34. The molecule has 188 valence electrons. The van der Waals surface area contributed by atoms with Crippen molar-refractivity contribution in [3.05, 3.63) is 54.5 Å². The number of carbonyl (C=O) groups is 1. The van der Waals surface area contributed by atoms with Crippen LogP contribution in [0.3, 0.4) is 0 Å². The summed E-state index contributed by atoms with van der Waals surface area (Å²) in [6.07, 6.45) is -3.32. The Balaban J connectivity index is 1.61. The Kier molecular flexibility index (Phi) is 7.81. The lowest BCUT2D eigenvalue weighted by molar-refractivity contribution is -0.142. The van der Waals surface area contributed by atoms with Gasteiger partial charge in [0.15, 0.2) is 0 Å². The molecule has 0 radical (unpaired) electrons. The largest absolute Gasteiger partial charge is 0.492 e. The van der Waals surface area contributed by atoms with Crippen LogP contribution in [0.4, 0.5) is 13.2 Å². The van der Waals surface area contributed by atoms with Crippen molar-refractivity contribution < 1.29 is 32.9 Å². The SMILES string of the molecule is CN(CC(O)CO)C(=O)C(C)(C)COc1ccc(-c2ccc(-c3ncc(C(F)(F)F)[nH]3)cn2)cc1. The van der Waals surface area contributed by atoms with Crippen molar-refractivity contribution in [3.63, 3.8) is 0 Å². The third kappa shape index (κ3) is 6.58. The van der Waals surface area contributed by atoms with Gasteiger partial charge in [-0.2, -0.15) is 13.2 Å². The fourth-order valence-corrected chi connectivity index (χ4v) is 3.34. The molecule has 2 heterocycles. The molecule has 1 atom stereocenters. The Morgan fingerprint density at radius 3 is 2.29 bits per heavy atom. The molecule has 0 aliphatic carbocycles. The maximum atomic E-state index is 12.8. The Bertz CT molecular complexity index is 1130. The molecule has 8 nitrogen and oxygen atoms in total. The Morgan fingerprint density at radius 1 is 1.09 bits per heavy atom. The number of alkyl halides is 3. The molecular weight excluding hydrogens is 465 g/mol. The van der Waals surface area contributed by atoms with Gasteiger partial charge in [-0.05, 0) is 50.2 Å². The van der Waals surface area contributed by atoms with Crippen molar-refractivity contribution in [1.29, 1.82) is 0 Å². The monoisotopic (exact) mass is 492 g/mol. The number of amides is 1. The second kappa shape index (κ2) is 10.4. The van der Waals surface area contributed by atoms with Crippen LogP contribution in [0.1, 0.15) is 19.5 Å². The lowest BCUT2D eigenvalue weighted by Crippen LogP contribution is -2.45. The maximum Gasteiger partial charge on any atom is 0.432 e. The molecule has 11 heteroatoms. The quantitative estimate of drug-likeness (QED) is 0.422. The van der Waals surface area contributed by atoms with Crippen LogP contribution in [0.2, 0.25) is 0 Å². The summed E-state index contributed by atoms with van der Waals surface area (Å²) in [5.41, 5.74) is 0.0199. The molecule has 0 spiro atoms. The number of hydrogen-bond acceptors (Lipinski definition) is 6. The van der Waals surface area contributed by atoms with Crippen LogP contribution in [0, 0.1) is 5.41 Å². The molecule has 1 aromatic carbocycles. The Labute approximate surface area is 200 Å². The van der Waals surface area contributed by atoms with Gasteiger partial charge in [0.1, 0.15) is 23.9 Å². The van der Waals surface area contributed by atoms with E-state index in [1.54, 1.807) is 57.3 Å². The van der Waals surface area contributed by atoms with Crippen molar-refractivity contribution in [3.8, 4) is 28.4 Å². The average molecular weight is 492 g/mol. The standard InChI is InChI=1S/C24H27F3N4O4/c1-23(2,22(34)31(3)12-17(33)13-32)14-35-18-7-4-15(5-8-18)19-9-6-16(10-28-19)21-29-11-20(30-21)24(25,26)27/h4-11,17,32-33H,12-14H2,1-3H3,(H,29,30). The van der Waals surface area contributed by atoms with Gasteiger partial charge in [0, 0.05) is 30.9 Å². The van der Waals surface area contributed by atoms with E-state index in [-0.39, 0.29) is 24.9 Å². The number of aromatic nitrogens is 3. The van der Waals surface area contributed by atoms with Crippen molar-refractivity contribution in [2.24, 2.45) is 5.41 Å². The molecule has 0 bridgehead atoms. The summed E-state index contributed by atoms with van der Waals surface area (Å²) in [6.45, 7) is 3.14.